The first-order valence-electron chi connectivity index (χ1n) is 9.45. The maximum Gasteiger partial charge on any atom is 0.281 e. The minimum absolute atomic E-state index is 0.293. The minimum Gasteiger partial charge on any atom is -0.383 e. The van der Waals surface area contributed by atoms with Crippen LogP contribution in [0, 0.1) is 27.7 Å². The van der Waals surface area contributed by atoms with Gasteiger partial charge in [-0.05, 0) is 51.5 Å². The second-order valence-corrected chi connectivity index (χ2v) is 8.19. The molecule has 0 atom stereocenters. The Morgan fingerprint density at radius 2 is 1.90 bits per heavy atom. The molecule has 4 aromatic rings. The van der Waals surface area contributed by atoms with Crippen molar-refractivity contribution in [2.24, 2.45) is 5.10 Å². The Hall–Kier alpha value is -3.52. The third kappa shape index (κ3) is 3.46. The number of nitrogens with two attached hydrogens (primary N) is 1. The lowest BCUT2D eigenvalue weighted by Crippen LogP contribution is -2.17. The number of hydrogen-bond donors (Lipinski definition) is 2. The monoisotopic (exact) mass is 418 g/mol. The molecule has 1 aromatic carbocycles. The summed E-state index contributed by atoms with van der Waals surface area (Å²) in [4.78, 5) is 22.1. The number of anilines is 1. The van der Waals surface area contributed by atoms with Crippen molar-refractivity contribution in [3.05, 3.63) is 69.6 Å². The van der Waals surface area contributed by atoms with Crippen molar-refractivity contribution in [3.8, 4) is 5.69 Å². The van der Waals surface area contributed by atoms with E-state index < -0.39 is 0 Å². The highest BCUT2D eigenvalue weighted by atomic mass is 32.1. The van der Waals surface area contributed by atoms with Crippen LogP contribution in [-0.4, -0.2) is 26.7 Å². The number of nitrogen functional groups attached to an aromatic ring is 1. The van der Waals surface area contributed by atoms with E-state index in [4.69, 9.17) is 5.73 Å². The van der Waals surface area contributed by atoms with Gasteiger partial charge in [0.1, 0.15) is 17.0 Å². The molecule has 4 rings (SSSR count). The van der Waals surface area contributed by atoms with Crippen LogP contribution in [-0.2, 0) is 0 Å². The van der Waals surface area contributed by atoms with Gasteiger partial charge in [-0.1, -0.05) is 17.7 Å². The molecule has 8 heteroatoms. The number of nitrogens with zero attached hydrogens (tertiary/aromatic N) is 4. The molecule has 0 unspecified atom stereocenters. The van der Waals surface area contributed by atoms with Crippen LogP contribution in [0.15, 0.2) is 41.8 Å². The summed E-state index contributed by atoms with van der Waals surface area (Å²) in [5.74, 6) is 0.0818. The van der Waals surface area contributed by atoms with Crippen molar-refractivity contribution in [1.29, 1.82) is 0 Å². The van der Waals surface area contributed by atoms with E-state index >= 15 is 0 Å². The summed E-state index contributed by atoms with van der Waals surface area (Å²) in [6.45, 7) is 7.99. The second kappa shape index (κ2) is 7.72. The first-order chi connectivity index (χ1) is 14.4. The molecule has 0 saturated carbocycles. The molecule has 0 bridgehead atoms. The van der Waals surface area contributed by atoms with Crippen molar-refractivity contribution in [2.45, 2.75) is 27.7 Å². The van der Waals surface area contributed by atoms with E-state index in [9.17, 15) is 4.79 Å². The van der Waals surface area contributed by atoms with Crippen LogP contribution in [0.3, 0.4) is 0 Å². The lowest BCUT2D eigenvalue weighted by atomic mass is 10.2. The molecule has 0 saturated heterocycles. The topological polar surface area (TPSA) is 98.2 Å². The highest BCUT2D eigenvalue weighted by Crippen LogP contribution is 2.31. The average Bonchev–Trinajstić information content (AvgIpc) is 3.20. The predicted molar refractivity (Wildman–Crippen MR) is 122 cm³/mol. The smallest absolute Gasteiger partial charge is 0.281 e. The normalized spacial score (nSPS) is 11.5. The average molecular weight is 419 g/mol. The molecule has 152 valence electrons. The summed E-state index contributed by atoms with van der Waals surface area (Å²) in [5.41, 5.74) is 14.7. The fourth-order valence-corrected chi connectivity index (χ4v) is 4.58. The summed E-state index contributed by atoms with van der Waals surface area (Å²) >= 11 is 1.28. The Morgan fingerprint density at radius 3 is 2.60 bits per heavy atom. The first kappa shape index (κ1) is 19.8. The summed E-state index contributed by atoms with van der Waals surface area (Å²) in [5, 5.41) is 4.90. The van der Waals surface area contributed by atoms with Gasteiger partial charge in [-0.25, -0.2) is 15.4 Å². The van der Waals surface area contributed by atoms with Gasteiger partial charge >= 0.3 is 0 Å². The molecule has 3 aromatic heterocycles. The maximum absolute atomic E-state index is 12.6. The zero-order chi connectivity index (χ0) is 21.4. The molecular formula is C22H22N6OS. The Kier molecular flexibility index (Phi) is 5.09. The quantitative estimate of drug-likeness (QED) is 0.386. The number of carbonyl (C=O) groups excluding carboxylic acids is 1. The summed E-state index contributed by atoms with van der Waals surface area (Å²) in [6.07, 6.45) is 3.07. The minimum atomic E-state index is -0.293. The third-order valence-corrected chi connectivity index (χ3v) is 6.29. The Labute approximate surface area is 178 Å². The number of aryl methyl sites for hydroxylation is 3. The zero-order valence-electron chi connectivity index (χ0n) is 17.2. The molecule has 3 heterocycles. The van der Waals surface area contributed by atoms with Crippen molar-refractivity contribution < 1.29 is 4.79 Å². The lowest BCUT2D eigenvalue weighted by molar-refractivity contribution is 0.0958. The zero-order valence-corrected chi connectivity index (χ0v) is 18.0. The fourth-order valence-electron chi connectivity index (χ4n) is 3.54. The van der Waals surface area contributed by atoms with Crippen molar-refractivity contribution in [1.82, 2.24) is 20.0 Å². The molecule has 0 radical (unpaired) electrons. The molecule has 0 aliphatic carbocycles. The van der Waals surface area contributed by atoms with E-state index in [2.05, 4.69) is 63.2 Å². The number of hydrogen-bond acceptors (Lipinski definition) is 6. The van der Waals surface area contributed by atoms with Crippen molar-refractivity contribution in [3.63, 3.8) is 0 Å². The lowest BCUT2D eigenvalue weighted by Gasteiger charge is -2.09. The second-order valence-electron chi connectivity index (χ2n) is 7.19. The van der Waals surface area contributed by atoms with Crippen LogP contribution in [0.25, 0.3) is 15.9 Å². The van der Waals surface area contributed by atoms with Gasteiger partial charge in [-0.2, -0.15) is 5.10 Å². The molecule has 7 nitrogen and oxygen atoms in total. The molecule has 0 fully saturated rings. The number of thiophene rings is 1. The molecule has 0 aliphatic rings. The van der Waals surface area contributed by atoms with Crippen molar-refractivity contribution in [2.75, 3.05) is 5.73 Å². The Morgan fingerprint density at radius 1 is 1.17 bits per heavy atom. The van der Waals surface area contributed by atoms with Gasteiger partial charge < -0.3 is 10.3 Å². The summed E-state index contributed by atoms with van der Waals surface area (Å²) < 4.78 is 2.17. The van der Waals surface area contributed by atoms with Gasteiger partial charge in [0.2, 0.25) is 0 Å². The number of hydrazone groups is 1. The number of benzene rings is 1. The van der Waals surface area contributed by atoms with E-state index in [1.807, 2.05) is 19.9 Å². The van der Waals surface area contributed by atoms with Crippen LogP contribution in [0.5, 0.6) is 0 Å². The molecule has 1 amide bonds. The fraction of sp³-hybridized carbons (Fsp3) is 0.182. The van der Waals surface area contributed by atoms with Gasteiger partial charge in [0.25, 0.3) is 5.91 Å². The van der Waals surface area contributed by atoms with E-state index in [1.54, 1.807) is 6.21 Å². The molecule has 30 heavy (non-hydrogen) atoms. The van der Waals surface area contributed by atoms with Gasteiger partial charge in [0, 0.05) is 22.6 Å². The van der Waals surface area contributed by atoms with Crippen LogP contribution >= 0.6 is 11.3 Å². The van der Waals surface area contributed by atoms with E-state index in [0.717, 1.165) is 33.6 Å². The van der Waals surface area contributed by atoms with Crippen LogP contribution < -0.4 is 11.2 Å². The molecule has 0 spiro atoms. The Balaban J connectivity index is 1.56. The predicted octanol–water partition coefficient (Wildman–Crippen LogP) is 4.06. The molecule has 3 N–H and O–H groups in total. The van der Waals surface area contributed by atoms with Crippen molar-refractivity contribution >= 4 is 39.5 Å². The van der Waals surface area contributed by atoms with E-state index in [1.165, 1.54) is 23.2 Å². The SMILES string of the molecule is Cc1ccc(-n2c(C)cc(C=NNC(=O)c3sc4ncnc(N)c4c3C)c2C)cc1. The van der Waals surface area contributed by atoms with E-state index in [0.29, 0.717) is 15.5 Å². The van der Waals surface area contributed by atoms with Gasteiger partial charge in [-0.15, -0.1) is 11.3 Å². The van der Waals surface area contributed by atoms with Crippen LogP contribution in [0.1, 0.15) is 37.7 Å². The summed E-state index contributed by atoms with van der Waals surface area (Å²) in [6, 6.07) is 10.4. The summed E-state index contributed by atoms with van der Waals surface area (Å²) in [7, 11) is 0. The highest BCUT2D eigenvalue weighted by Gasteiger charge is 2.18. The first-order valence-corrected chi connectivity index (χ1v) is 10.3. The van der Waals surface area contributed by atoms with Gasteiger partial charge in [0.15, 0.2) is 0 Å². The number of amides is 1. The van der Waals surface area contributed by atoms with Crippen LogP contribution in [0.2, 0.25) is 0 Å². The maximum atomic E-state index is 12.6. The molecule has 0 aliphatic heterocycles. The number of rotatable bonds is 4. The standard InChI is InChI=1S/C22H22N6OS/c1-12-5-7-17(8-6-12)28-13(2)9-16(15(28)4)10-26-27-21(29)19-14(3)18-20(23)24-11-25-22(18)30-19/h5-11H,1-4H3,(H,27,29)(H2,23,24,25). The van der Waals surface area contributed by atoms with Gasteiger partial charge in [0.05, 0.1) is 16.5 Å². The van der Waals surface area contributed by atoms with E-state index in [-0.39, 0.29) is 5.91 Å². The number of fused-ring (bicyclic) bond motifs is 1. The highest BCUT2D eigenvalue weighted by molar-refractivity contribution is 7.20. The third-order valence-electron chi connectivity index (χ3n) is 5.09. The number of nitrogens with one attached hydrogen (secondary N) is 1. The molecular weight excluding hydrogens is 396 g/mol. The van der Waals surface area contributed by atoms with Gasteiger partial charge in [-0.3, -0.25) is 4.79 Å². The van der Waals surface area contributed by atoms with Crippen LogP contribution in [0.4, 0.5) is 5.82 Å². The number of aromatic nitrogens is 3. The number of carbonyl (C=O) groups is 1. The Bertz CT molecular complexity index is 1280. The largest absolute Gasteiger partial charge is 0.383 e.